The lowest BCUT2D eigenvalue weighted by atomic mass is 10.2. The topological polar surface area (TPSA) is 37.4 Å². The normalized spacial score (nSPS) is 17.5. The van der Waals surface area contributed by atoms with Gasteiger partial charge in [0.2, 0.25) is 0 Å². The fourth-order valence-corrected chi connectivity index (χ4v) is 2.83. The lowest BCUT2D eigenvalue weighted by Crippen LogP contribution is -2.34. The summed E-state index contributed by atoms with van der Waals surface area (Å²) < 4.78 is 5.79. The van der Waals surface area contributed by atoms with Crippen LogP contribution >= 0.6 is 23.8 Å². The first-order chi connectivity index (χ1) is 10.6. The second-order valence-electron chi connectivity index (χ2n) is 5.10. The highest BCUT2D eigenvalue weighted by Crippen LogP contribution is 2.27. The number of anilines is 1. The van der Waals surface area contributed by atoms with Gasteiger partial charge in [-0.15, -0.1) is 0 Å². The number of thiocarbonyl (C=S) groups is 1. The largest absolute Gasteiger partial charge is 0.352 e. The van der Waals surface area contributed by atoms with Crippen molar-refractivity contribution in [3.05, 3.63) is 58.9 Å². The zero-order chi connectivity index (χ0) is 15.5. The summed E-state index contributed by atoms with van der Waals surface area (Å²) in [5.74, 6) is 0. The van der Waals surface area contributed by atoms with Crippen molar-refractivity contribution < 1.29 is 4.74 Å². The standard InChI is InChI=1S/C16H16ClN3OS/c1-11-4-5-13(9-14(11)17)19-16(22)20-7-8-21-15(20)12-3-2-6-18-10-12/h2-6,9-10,15H,7-8H2,1H3,(H,19,22)/t15-/m1/s1. The van der Waals surface area contributed by atoms with Gasteiger partial charge in [-0.05, 0) is 42.9 Å². The third-order valence-corrected chi connectivity index (χ3v) is 4.29. The first kappa shape index (κ1) is 15.2. The minimum absolute atomic E-state index is 0.199. The molecule has 3 rings (SSSR count). The highest BCUT2D eigenvalue weighted by molar-refractivity contribution is 7.80. The highest BCUT2D eigenvalue weighted by atomic mass is 35.5. The molecule has 2 aromatic rings. The Bertz CT molecular complexity index is 680. The van der Waals surface area contributed by atoms with Crippen molar-refractivity contribution in [1.29, 1.82) is 0 Å². The molecule has 6 heteroatoms. The quantitative estimate of drug-likeness (QED) is 0.847. The number of ether oxygens (including phenoxy) is 1. The maximum Gasteiger partial charge on any atom is 0.175 e. The molecular weight excluding hydrogens is 318 g/mol. The van der Waals surface area contributed by atoms with Crippen LogP contribution < -0.4 is 5.32 Å². The van der Waals surface area contributed by atoms with E-state index in [0.29, 0.717) is 16.7 Å². The average Bonchev–Trinajstić information content (AvgIpc) is 3.01. The number of aromatic nitrogens is 1. The van der Waals surface area contributed by atoms with Crippen molar-refractivity contribution >= 4 is 34.6 Å². The van der Waals surface area contributed by atoms with E-state index in [0.717, 1.165) is 23.4 Å². The van der Waals surface area contributed by atoms with E-state index < -0.39 is 0 Å². The molecular formula is C16H16ClN3OS. The fourth-order valence-electron chi connectivity index (χ4n) is 2.34. The number of hydrogen-bond acceptors (Lipinski definition) is 3. The third kappa shape index (κ3) is 3.21. The number of nitrogens with zero attached hydrogens (tertiary/aromatic N) is 2. The predicted molar refractivity (Wildman–Crippen MR) is 92.0 cm³/mol. The van der Waals surface area contributed by atoms with E-state index in [2.05, 4.69) is 10.3 Å². The summed E-state index contributed by atoms with van der Waals surface area (Å²) in [7, 11) is 0. The van der Waals surface area contributed by atoms with Crippen LogP contribution in [0.15, 0.2) is 42.7 Å². The first-order valence-electron chi connectivity index (χ1n) is 7.00. The van der Waals surface area contributed by atoms with Crippen molar-refractivity contribution in [2.45, 2.75) is 13.2 Å². The Morgan fingerprint density at radius 3 is 3.05 bits per heavy atom. The highest BCUT2D eigenvalue weighted by Gasteiger charge is 2.29. The minimum atomic E-state index is -0.199. The van der Waals surface area contributed by atoms with Gasteiger partial charge in [0.15, 0.2) is 11.3 Å². The lowest BCUT2D eigenvalue weighted by molar-refractivity contribution is 0.0639. The van der Waals surface area contributed by atoms with Crippen LogP contribution in [0.5, 0.6) is 0 Å². The first-order valence-corrected chi connectivity index (χ1v) is 7.79. The number of benzene rings is 1. The van der Waals surface area contributed by atoms with Gasteiger partial charge in [0.05, 0.1) is 6.61 Å². The third-order valence-electron chi connectivity index (χ3n) is 3.54. The summed E-state index contributed by atoms with van der Waals surface area (Å²) in [6.07, 6.45) is 3.34. The summed E-state index contributed by atoms with van der Waals surface area (Å²) in [6.45, 7) is 3.35. The molecule has 0 spiro atoms. The molecule has 1 aliphatic heterocycles. The zero-order valence-electron chi connectivity index (χ0n) is 12.1. The maximum absolute atomic E-state index is 6.15. The Hall–Kier alpha value is -1.69. The molecule has 0 radical (unpaired) electrons. The summed E-state index contributed by atoms with van der Waals surface area (Å²) in [5.41, 5.74) is 2.90. The van der Waals surface area contributed by atoms with Gasteiger partial charge in [0.1, 0.15) is 0 Å². The maximum atomic E-state index is 6.15. The van der Waals surface area contributed by atoms with Crippen LogP contribution in [0.1, 0.15) is 17.4 Å². The summed E-state index contributed by atoms with van der Waals surface area (Å²) in [6, 6.07) is 9.68. The van der Waals surface area contributed by atoms with Crippen LogP contribution in [0, 0.1) is 6.92 Å². The molecule has 2 heterocycles. The molecule has 1 N–H and O–H groups in total. The number of nitrogens with one attached hydrogen (secondary N) is 1. The van der Waals surface area contributed by atoms with Gasteiger partial charge in [-0.25, -0.2) is 0 Å². The Morgan fingerprint density at radius 1 is 1.45 bits per heavy atom. The molecule has 4 nitrogen and oxygen atoms in total. The number of aryl methyl sites for hydroxylation is 1. The smallest absolute Gasteiger partial charge is 0.175 e. The molecule has 0 amide bonds. The Labute approximate surface area is 140 Å². The zero-order valence-corrected chi connectivity index (χ0v) is 13.7. The van der Waals surface area contributed by atoms with E-state index in [-0.39, 0.29) is 6.23 Å². The van der Waals surface area contributed by atoms with Crippen molar-refractivity contribution in [3.8, 4) is 0 Å². The number of pyridine rings is 1. The van der Waals surface area contributed by atoms with Crippen molar-refractivity contribution in [1.82, 2.24) is 9.88 Å². The van der Waals surface area contributed by atoms with Gasteiger partial charge in [-0.3, -0.25) is 4.98 Å². The number of rotatable bonds is 2. The van der Waals surface area contributed by atoms with Crippen LogP contribution in [0.3, 0.4) is 0 Å². The van der Waals surface area contributed by atoms with E-state index >= 15 is 0 Å². The Kier molecular flexibility index (Phi) is 4.57. The van der Waals surface area contributed by atoms with Crippen LogP contribution in [-0.4, -0.2) is 28.1 Å². The molecule has 1 atom stereocenters. The van der Waals surface area contributed by atoms with Gasteiger partial charge >= 0.3 is 0 Å². The summed E-state index contributed by atoms with van der Waals surface area (Å²) in [5, 5.41) is 4.56. The van der Waals surface area contributed by atoms with Crippen LogP contribution in [0.25, 0.3) is 0 Å². The van der Waals surface area contributed by atoms with Gasteiger partial charge in [0.25, 0.3) is 0 Å². The number of hydrogen-bond donors (Lipinski definition) is 1. The van der Waals surface area contributed by atoms with Crippen molar-refractivity contribution in [3.63, 3.8) is 0 Å². The van der Waals surface area contributed by atoms with Crippen LogP contribution in [0.4, 0.5) is 5.69 Å². The van der Waals surface area contributed by atoms with E-state index in [4.69, 9.17) is 28.6 Å². The molecule has 0 aliphatic carbocycles. The monoisotopic (exact) mass is 333 g/mol. The van der Waals surface area contributed by atoms with E-state index in [9.17, 15) is 0 Å². The van der Waals surface area contributed by atoms with Gasteiger partial charge in [-0.2, -0.15) is 0 Å². The SMILES string of the molecule is Cc1ccc(NC(=S)N2CCO[C@@H]2c2cccnc2)cc1Cl. The van der Waals surface area contributed by atoms with E-state index in [1.54, 1.807) is 12.4 Å². The van der Waals surface area contributed by atoms with Crippen molar-refractivity contribution in [2.75, 3.05) is 18.5 Å². The molecule has 1 aromatic carbocycles. The average molecular weight is 334 g/mol. The molecule has 0 saturated carbocycles. The molecule has 0 bridgehead atoms. The second kappa shape index (κ2) is 6.60. The molecule has 22 heavy (non-hydrogen) atoms. The lowest BCUT2D eigenvalue weighted by Gasteiger charge is -2.26. The molecule has 1 aromatic heterocycles. The van der Waals surface area contributed by atoms with E-state index in [1.165, 1.54) is 0 Å². The van der Waals surface area contributed by atoms with Crippen LogP contribution in [0.2, 0.25) is 5.02 Å². The second-order valence-corrected chi connectivity index (χ2v) is 5.89. The van der Waals surface area contributed by atoms with Gasteiger partial charge in [-0.1, -0.05) is 23.7 Å². The van der Waals surface area contributed by atoms with Crippen LogP contribution in [-0.2, 0) is 4.74 Å². The van der Waals surface area contributed by atoms with Crippen molar-refractivity contribution in [2.24, 2.45) is 0 Å². The molecule has 0 unspecified atom stereocenters. The number of halogens is 1. The Balaban J connectivity index is 1.75. The molecule has 1 fully saturated rings. The predicted octanol–water partition coefficient (Wildman–Crippen LogP) is 3.77. The molecule has 114 valence electrons. The summed E-state index contributed by atoms with van der Waals surface area (Å²) >= 11 is 11.7. The van der Waals surface area contributed by atoms with E-state index in [1.807, 2.05) is 42.2 Å². The molecule has 1 saturated heterocycles. The van der Waals surface area contributed by atoms with Gasteiger partial charge in [0, 0.05) is 35.2 Å². The minimum Gasteiger partial charge on any atom is -0.352 e. The fraction of sp³-hybridized carbons (Fsp3) is 0.250. The molecule has 1 aliphatic rings. The Morgan fingerprint density at radius 2 is 2.32 bits per heavy atom. The van der Waals surface area contributed by atoms with Gasteiger partial charge < -0.3 is 15.0 Å². The summed E-state index contributed by atoms with van der Waals surface area (Å²) in [4.78, 5) is 6.15.